The van der Waals surface area contributed by atoms with Gasteiger partial charge in [0.25, 0.3) is 5.91 Å². The molecule has 6 heteroatoms. The second-order valence-corrected chi connectivity index (χ2v) is 6.52. The number of hydrogen-bond donors (Lipinski definition) is 1. The number of benzene rings is 2. The first-order valence-electron chi connectivity index (χ1n) is 8.91. The van der Waals surface area contributed by atoms with Crippen LogP contribution in [0.3, 0.4) is 0 Å². The summed E-state index contributed by atoms with van der Waals surface area (Å²) in [5.41, 5.74) is 3.22. The van der Waals surface area contributed by atoms with Crippen LogP contribution in [0, 0.1) is 5.82 Å². The normalized spacial score (nSPS) is 13.6. The standard InChI is InChI=1S/C21H22FNO4/c1-26-21(25)12-19(15-5-8-17(22)9-6-15)23-20(24)13-27-18-10-7-14-3-2-4-16(14)11-18/h5-11,19H,2-4,12-13H2,1H3,(H,23,24). The van der Waals surface area contributed by atoms with Crippen LogP contribution in [0.5, 0.6) is 5.75 Å². The molecule has 0 aliphatic heterocycles. The lowest BCUT2D eigenvalue weighted by Gasteiger charge is -2.18. The summed E-state index contributed by atoms with van der Waals surface area (Å²) in [6.45, 7) is -0.169. The number of amides is 1. The number of halogens is 1. The van der Waals surface area contributed by atoms with Crippen LogP contribution in [0.25, 0.3) is 0 Å². The van der Waals surface area contributed by atoms with Crippen molar-refractivity contribution in [3.63, 3.8) is 0 Å². The van der Waals surface area contributed by atoms with E-state index in [4.69, 9.17) is 4.74 Å². The summed E-state index contributed by atoms with van der Waals surface area (Å²) in [5, 5.41) is 2.75. The predicted molar refractivity (Wildman–Crippen MR) is 97.9 cm³/mol. The van der Waals surface area contributed by atoms with Gasteiger partial charge in [-0.25, -0.2) is 4.39 Å². The molecular formula is C21H22FNO4. The van der Waals surface area contributed by atoms with Crippen LogP contribution in [0.1, 0.15) is 35.6 Å². The van der Waals surface area contributed by atoms with Crippen molar-refractivity contribution in [1.82, 2.24) is 5.32 Å². The first-order valence-corrected chi connectivity index (χ1v) is 8.91. The molecule has 1 aliphatic rings. The number of esters is 1. The highest BCUT2D eigenvalue weighted by molar-refractivity contribution is 5.79. The van der Waals surface area contributed by atoms with Crippen molar-refractivity contribution in [2.24, 2.45) is 0 Å². The van der Waals surface area contributed by atoms with Gasteiger partial charge in [0.05, 0.1) is 19.6 Å². The van der Waals surface area contributed by atoms with Gasteiger partial charge in [0.1, 0.15) is 11.6 Å². The van der Waals surface area contributed by atoms with Crippen LogP contribution in [-0.2, 0) is 27.2 Å². The molecule has 0 aromatic heterocycles. The Hall–Kier alpha value is -2.89. The van der Waals surface area contributed by atoms with Crippen LogP contribution in [0.2, 0.25) is 0 Å². The Morgan fingerprint density at radius 2 is 1.85 bits per heavy atom. The lowest BCUT2D eigenvalue weighted by atomic mass is 10.0. The average Bonchev–Trinajstić information content (AvgIpc) is 3.14. The van der Waals surface area contributed by atoms with E-state index in [-0.39, 0.29) is 24.8 Å². The van der Waals surface area contributed by atoms with Crippen molar-refractivity contribution in [2.75, 3.05) is 13.7 Å². The summed E-state index contributed by atoms with van der Waals surface area (Å²) < 4.78 is 23.4. The summed E-state index contributed by atoms with van der Waals surface area (Å²) in [4.78, 5) is 24.0. The highest BCUT2D eigenvalue weighted by Gasteiger charge is 2.19. The first-order chi connectivity index (χ1) is 13.0. The van der Waals surface area contributed by atoms with E-state index in [9.17, 15) is 14.0 Å². The zero-order chi connectivity index (χ0) is 19.2. The lowest BCUT2D eigenvalue weighted by molar-refractivity contribution is -0.141. The molecule has 142 valence electrons. The summed E-state index contributed by atoms with van der Waals surface area (Å²) in [5.74, 6) is -0.572. The summed E-state index contributed by atoms with van der Waals surface area (Å²) in [6, 6.07) is 10.9. The van der Waals surface area contributed by atoms with E-state index < -0.39 is 12.0 Å². The minimum Gasteiger partial charge on any atom is -0.484 e. The molecule has 0 fully saturated rings. The first kappa shape index (κ1) is 18.9. The van der Waals surface area contributed by atoms with E-state index in [0.717, 1.165) is 19.3 Å². The molecule has 1 aliphatic carbocycles. The van der Waals surface area contributed by atoms with Gasteiger partial charge in [0.15, 0.2) is 6.61 Å². The monoisotopic (exact) mass is 371 g/mol. The second kappa shape index (κ2) is 8.66. The minimum absolute atomic E-state index is 0.0489. The average molecular weight is 371 g/mol. The van der Waals surface area contributed by atoms with Gasteiger partial charge >= 0.3 is 5.97 Å². The molecule has 0 bridgehead atoms. The predicted octanol–water partition coefficient (Wildman–Crippen LogP) is 3.11. The molecule has 2 aromatic carbocycles. The third kappa shape index (κ3) is 5.06. The zero-order valence-corrected chi connectivity index (χ0v) is 15.2. The number of ether oxygens (including phenoxy) is 2. The van der Waals surface area contributed by atoms with E-state index in [0.29, 0.717) is 11.3 Å². The molecule has 2 aromatic rings. The van der Waals surface area contributed by atoms with Gasteiger partial charge in [0, 0.05) is 0 Å². The topological polar surface area (TPSA) is 64.6 Å². The van der Waals surface area contributed by atoms with Crippen LogP contribution in [0.4, 0.5) is 4.39 Å². The molecule has 1 amide bonds. The summed E-state index contributed by atoms with van der Waals surface area (Å²) in [6.07, 6.45) is 3.21. The van der Waals surface area contributed by atoms with Crippen LogP contribution in [-0.4, -0.2) is 25.6 Å². The summed E-state index contributed by atoms with van der Waals surface area (Å²) in [7, 11) is 1.28. The highest BCUT2D eigenvalue weighted by Crippen LogP contribution is 2.26. The molecule has 5 nitrogen and oxygen atoms in total. The van der Waals surface area contributed by atoms with Crippen molar-refractivity contribution in [2.45, 2.75) is 31.7 Å². The molecule has 0 saturated carbocycles. The molecule has 0 spiro atoms. The summed E-state index contributed by atoms with van der Waals surface area (Å²) >= 11 is 0. The van der Waals surface area contributed by atoms with Crippen molar-refractivity contribution in [1.29, 1.82) is 0 Å². The molecule has 3 rings (SSSR count). The largest absolute Gasteiger partial charge is 0.484 e. The maximum Gasteiger partial charge on any atom is 0.307 e. The molecule has 1 atom stereocenters. The number of fused-ring (bicyclic) bond motifs is 1. The highest BCUT2D eigenvalue weighted by atomic mass is 19.1. The number of nitrogens with one attached hydrogen (secondary N) is 1. The van der Waals surface area contributed by atoms with Gasteiger partial charge < -0.3 is 14.8 Å². The molecular weight excluding hydrogens is 349 g/mol. The van der Waals surface area contributed by atoms with E-state index >= 15 is 0 Å². The Bertz CT molecular complexity index is 819. The molecule has 0 radical (unpaired) electrons. The fourth-order valence-corrected chi connectivity index (χ4v) is 3.22. The van der Waals surface area contributed by atoms with Crippen molar-refractivity contribution in [3.8, 4) is 5.75 Å². The van der Waals surface area contributed by atoms with Gasteiger partial charge in [-0.05, 0) is 60.2 Å². The van der Waals surface area contributed by atoms with E-state index in [1.807, 2.05) is 18.2 Å². The van der Waals surface area contributed by atoms with E-state index in [1.165, 1.54) is 42.5 Å². The van der Waals surface area contributed by atoms with E-state index in [2.05, 4.69) is 10.1 Å². The van der Waals surface area contributed by atoms with Gasteiger partial charge in [-0.3, -0.25) is 9.59 Å². The maximum absolute atomic E-state index is 13.1. The third-order valence-corrected chi connectivity index (χ3v) is 4.65. The Labute approximate surface area is 157 Å². The number of hydrogen-bond acceptors (Lipinski definition) is 4. The quantitative estimate of drug-likeness (QED) is 0.760. The van der Waals surface area contributed by atoms with Gasteiger partial charge in [0.2, 0.25) is 0 Å². The Balaban J connectivity index is 1.61. The fourth-order valence-electron chi connectivity index (χ4n) is 3.22. The van der Waals surface area contributed by atoms with Crippen molar-refractivity contribution >= 4 is 11.9 Å². The van der Waals surface area contributed by atoms with E-state index in [1.54, 1.807) is 0 Å². The number of aryl methyl sites for hydroxylation is 2. The van der Waals surface area contributed by atoms with Crippen LogP contribution >= 0.6 is 0 Å². The second-order valence-electron chi connectivity index (χ2n) is 6.52. The third-order valence-electron chi connectivity index (χ3n) is 4.65. The van der Waals surface area contributed by atoms with Gasteiger partial charge in [-0.2, -0.15) is 0 Å². The van der Waals surface area contributed by atoms with Gasteiger partial charge in [-0.15, -0.1) is 0 Å². The zero-order valence-electron chi connectivity index (χ0n) is 15.2. The van der Waals surface area contributed by atoms with Gasteiger partial charge in [-0.1, -0.05) is 18.2 Å². The van der Waals surface area contributed by atoms with Crippen molar-refractivity contribution in [3.05, 3.63) is 65.0 Å². The Morgan fingerprint density at radius 3 is 2.59 bits per heavy atom. The molecule has 27 heavy (non-hydrogen) atoms. The van der Waals surface area contributed by atoms with Crippen molar-refractivity contribution < 1.29 is 23.5 Å². The Morgan fingerprint density at radius 1 is 1.11 bits per heavy atom. The lowest BCUT2D eigenvalue weighted by Crippen LogP contribution is -2.34. The van der Waals surface area contributed by atoms with Crippen LogP contribution < -0.4 is 10.1 Å². The fraction of sp³-hybridized carbons (Fsp3) is 0.333. The molecule has 1 unspecified atom stereocenters. The number of methoxy groups -OCH3 is 1. The number of rotatable bonds is 7. The Kier molecular flexibility index (Phi) is 6.06. The molecule has 1 N–H and O–H groups in total. The number of carbonyl (C=O) groups is 2. The smallest absolute Gasteiger partial charge is 0.307 e. The maximum atomic E-state index is 13.1. The molecule has 0 heterocycles. The molecule has 0 saturated heterocycles. The number of carbonyl (C=O) groups excluding carboxylic acids is 2. The SMILES string of the molecule is COC(=O)CC(NC(=O)COc1ccc2c(c1)CCC2)c1ccc(F)cc1. The minimum atomic E-state index is -0.617. The van der Waals surface area contributed by atoms with Crippen LogP contribution in [0.15, 0.2) is 42.5 Å².